The Bertz CT molecular complexity index is 888. The largest absolute Gasteiger partial charge is 0.352 e. The molecule has 1 N–H and O–H groups in total. The van der Waals surface area contributed by atoms with E-state index in [1.165, 1.54) is 0 Å². The third kappa shape index (κ3) is 7.87. The molecule has 0 heterocycles. The molecule has 0 radical (unpaired) electrons. The van der Waals surface area contributed by atoms with E-state index in [4.69, 9.17) is 34.8 Å². The van der Waals surface area contributed by atoms with Crippen molar-refractivity contribution < 1.29 is 9.59 Å². The van der Waals surface area contributed by atoms with Gasteiger partial charge < -0.3 is 10.2 Å². The fourth-order valence-corrected chi connectivity index (χ4v) is 4.63. The highest BCUT2D eigenvalue weighted by molar-refractivity contribution is 7.99. The van der Waals surface area contributed by atoms with Crippen LogP contribution in [0.5, 0.6) is 0 Å². The molecule has 0 fully saturated rings. The average molecular weight is 516 g/mol. The number of hydrogen-bond acceptors (Lipinski definition) is 3. The molecule has 0 aliphatic heterocycles. The SMILES string of the molecule is CCC(C)NC(=O)C(CC)N(Cc1c(Cl)cccc1Cl)C(=O)CCSc1ccc(Cl)cc1. The van der Waals surface area contributed by atoms with E-state index >= 15 is 0 Å². The van der Waals surface area contributed by atoms with Crippen LogP contribution in [0.1, 0.15) is 45.6 Å². The Kier molecular flexibility index (Phi) is 11.2. The first-order chi connectivity index (χ1) is 15.3. The maximum atomic E-state index is 13.3. The van der Waals surface area contributed by atoms with Crippen LogP contribution in [-0.4, -0.2) is 34.6 Å². The van der Waals surface area contributed by atoms with E-state index in [2.05, 4.69) is 5.32 Å². The van der Waals surface area contributed by atoms with E-state index < -0.39 is 6.04 Å². The number of rotatable bonds is 11. The lowest BCUT2D eigenvalue weighted by Gasteiger charge is -2.32. The number of nitrogens with one attached hydrogen (secondary N) is 1. The van der Waals surface area contributed by atoms with Gasteiger partial charge in [-0.15, -0.1) is 11.8 Å². The first-order valence-corrected chi connectivity index (χ1v) is 12.8. The Balaban J connectivity index is 2.20. The minimum Gasteiger partial charge on any atom is -0.352 e. The lowest BCUT2D eigenvalue weighted by Crippen LogP contribution is -2.50. The second kappa shape index (κ2) is 13.3. The fraction of sp³-hybridized carbons (Fsp3) is 0.417. The van der Waals surface area contributed by atoms with Crippen molar-refractivity contribution in [1.29, 1.82) is 0 Å². The highest BCUT2D eigenvalue weighted by atomic mass is 35.5. The summed E-state index contributed by atoms with van der Waals surface area (Å²) in [5.41, 5.74) is 0.643. The molecule has 0 aliphatic rings. The number of amides is 2. The van der Waals surface area contributed by atoms with E-state index in [9.17, 15) is 9.59 Å². The second-order valence-electron chi connectivity index (χ2n) is 7.52. The smallest absolute Gasteiger partial charge is 0.243 e. The summed E-state index contributed by atoms with van der Waals surface area (Å²) in [6.07, 6.45) is 1.58. The summed E-state index contributed by atoms with van der Waals surface area (Å²) in [6.45, 7) is 6.03. The van der Waals surface area contributed by atoms with Crippen LogP contribution in [0.25, 0.3) is 0 Å². The monoisotopic (exact) mass is 514 g/mol. The summed E-state index contributed by atoms with van der Waals surface area (Å²) in [5.74, 6) is 0.300. The molecule has 0 aliphatic carbocycles. The Hall–Kier alpha value is -1.40. The van der Waals surface area contributed by atoms with Crippen molar-refractivity contribution in [2.24, 2.45) is 0 Å². The highest BCUT2D eigenvalue weighted by Crippen LogP contribution is 2.28. The summed E-state index contributed by atoms with van der Waals surface area (Å²) in [4.78, 5) is 28.9. The molecule has 32 heavy (non-hydrogen) atoms. The van der Waals surface area contributed by atoms with E-state index in [1.807, 2.05) is 45.0 Å². The van der Waals surface area contributed by atoms with Crippen molar-refractivity contribution in [3.63, 3.8) is 0 Å². The van der Waals surface area contributed by atoms with Crippen LogP contribution in [-0.2, 0) is 16.1 Å². The molecule has 2 atom stereocenters. The van der Waals surface area contributed by atoms with Gasteiger partial charge in [-0.3, -0.25) is 9.59 Å². The molecule has 0 spiro atoms. The van der Waals surface area contributed by atoms with Crippen molar-refractivity contribution >= 4 is 58.4 Å². The van der Waals surface area contributed by atoms with Gasteiger partial charge in [-0.2, -0.15) is 0 Å². The molecular weight excluding hydrogens is 487 g/mol. The minimum atomic E-state index is -0.607. The van der Waals surface area contributed by atoms with Gasteiger partial charge in [0.2, 0.25) is 11.8 Å². The van der Waals surface area contributed by atoms with Crippen molar-refractivity contribution in [3.8, 4) is 0 Å². The zero-order valence-electron chi connectivity index (χ0n) is 18.5. The molecule has 174 valence electrons. The molecule has 2 aromatic rings. The van der Waals surface area contributed by atoms with Crippen molar-refractivity contribution in [3.05, 3.63) is 63.1 Å². The molecule has 4 nitrogen and oxygen atoms in total. The Labute approximate surface area is 210 Å². The maximum Gasteiger partial charge on any atom is 0.243 e. The zero-order chi connectivity index (χ0) is 23.7. The van der Waals surface area contributed by atoms with Crippen molar-refractivity contribution in [2.45, 2.75) is 63.6 Å². The fourth-order valence-electron chi connectivity index (χ4n) is 3.14. The maximum absolute atomic E-state index is 13.3. The van der Waals surface area contributed by atoms with E-state index in [0.717, 1.165) is 11.3 Å². The quantitative estimate of drug-likeness (QED) is 0.333. The highest BCUT2D eigenvalue weighted by Gasteiger charge is 2.30. The van der Waals surface area contributed by atoms with Gasteiger partial charge in [-0.25, -0.2) is 0 Å². The molecule has 0 bridgehead atoms. The van der Waals surface area contributed by atoms with Gasteiger partial charge in [0.15, 0.2) is 0 Å². The lowest BCUT2D eigenvalue weighted by molar-refractivity contribution is -0.141. The van der Waals surface area contributed by atoms with E-state index in [1.54, 1.807) is 34.9 Å². The lowest BCUT2D eigenvalue weighted by atomic mass is 10.1. The summed E-state index contributed by atoms with van der Waals surface area (Å²) in [5, 5.41) is 4.62. The van der Waals surface area contributed by atoms with Crippen molar-refractivity contribution in [2.75, 3.05) is 5.75 Å². The third-order valence-corrected chi connectivity index (χ3v) is 7.15. The molecule has 0 saturated carbocycles. The third-order valence-electron chi connectivity index (χ3n) is 5.18. The minimum absolute atomic E-state index is 0.0258. The van der Waals surface area contributed by atoms with Gasteiger partial charge in [-0.05, 0) is 56.2 Å². The molecule has 8 heteroatoms. The normalized spacial score (nSPS) is 12.8. The number of carbonyl (C=O) groups excluding carboxylic acids is 2. The molecule has 2 aromatic carbocycles. The van der Waals surface area contributed by atoms with Gasteiger partial charge >= 0.3 is 0 Å². The van der Waals surface area contributed by atoms with Crippen molar-refractivity contribution in [1.82, 2.24) is 10.2 Å². The van der Waals surface area contributed by atoms with Gasteiger partial charge in [0.25, 0.3) is 0 Å². The summed E-state index contributed by atoms with van der Waals surface area (Å²) in [6, 6.07) is 12.1. The van der Waals surface area contributed by atoms with Crippen LogP contribution in [0.4, 0.5) is 0 Å². The van der Waals surface area contributed by atoms with Gasteiger partial charge in [-0.1, -0.05) is 54.7 Å². The molecular formula is C24H29Cl3N2O2S. The zero-order valence-corrected chi connectivity index (χ0v) is 21.6. The molecule has 2 amide bonds. The van der Waals surface area contributed by atoms with Crippen LogP contribution in [0.3, 0.4) is 0 Å². The molecule has 0 aromatic heterocycles. The first-order valence-electron chi connectivity index (χ1n) is 10.7. The van der Waals surface area contributed by atoms with E-state index in [-0.39, 0.29) is 30.8 Å². The predicted molar refractivity (Wildman–Crippen MR) is 136 cm³/mol. The van der Waals surface area contributed by atoms with Crippen LogP contribution in [0.15, 0.2) is 47.4 Å². The number of hydrogen-bond donors (Lipinski definition) is 1. The number of halogens is 3. The van der Waals surface area contributed by atoms with Gasteiger partial charge in [0.1, 0.15) is 6.04 Å². The Morgan fingerprint density at radius 2 is 1.62 bits per heavy atom. The predicted octanol–water partition coefficient (Wildman–Crippen LogP) is 6.85. The van der Waals surface area contributed by atoms with Gasteiger partial charge in [0.05, 0.1) is 0 Å². The van der Waals surface area contributed by atoms with Crippen LogP contribution in [0.2, 0.25) is 15.1 Å². The van der Waals surface area contributed by atoms with E-state index in [0.29, 0.717) is 32.8 Å². The average Bonchev–Trinajstić information content (AvgIpc) is 2.76. The number of carbonyl (C=O) groups is 2. The standard InChI is InChI=1S/C24H29Cl3N2O2S/c1-4-16(3)28-24(31)22(5-2)29(15-19-20(26)7-6-8-21(19)27)23(30)13-14-32-18-11-9-17(25)10-12-18/h6-12,16,22H,4-5,13-15H2,1-3H3,(H,28,31). The number of thioether (sulfide) groups is 1. The van der Waals surface area contributed by atoms with Gasteiger partial charge in [0, 0.05) is 50.3 Å². The first kappa shape index (κ1) is 26.8. The van der Waals surface area contributed by atoms with Crippen LogP contribution < -0.4 is 5.32 Å². The number of nitrogens with zero attached hydrogens (tertiary/aromatic N) is 1. The summed E-state index contributed by atoms with van der Waals surface area (Å²) < 4.78 is 0. The molecule has 2 unspecified atom stereocenters. The number of benzene rings is 2. The molecule has 0 saturated heterocycles. The topological polar surface area (TPSA) is 49.4 Å². The molecule has 2 rings (SSSR count). The summed E-state index contributed by atoms with van der Waals surface area (Å²) >= 11 is 20.3. The summed E-state index contributed by atoms with van der Waals surface area (Å²) in [7, 11) is 0. The van der Waals surface area contributed by atoms with Crippen LogP contribution >= 0.6 is 46.6 Å². The second-order valence-corrected chi connectivity index (χ2v) is 9.94. The van der Waals surface area contributed by atoms with Crippen LogP contribution in [0, 0.1) is 0 Å². The Morgan fingerprint density at radius 1 is 1.00 bits per heavy atom. The Morgan fingerprint density at radius 3 is 2.19 bits per heavy atom.